The van der Waals surface area contributed by atoms with Crippen molar-refractivity contribution < 1.29 is 18.3 Å². The van der Waals surface area contributed by atoms with Crippen molar-refractivity contribution in [3.05, 3.63) is 35.4 Å². The van der Waals surface area contributed by atoms with E-state index >= 15 is 0 Å². The van der Waals surface area contributed by atoms with Crippen molar-refractivity contribution in [1.82, 2.24) is 5.32 Å². The molecule has 1 aliphatic rings. The Hall–Kier alpha value is -1.53. The summed E-state index contributed by atoms with van der Waals surface area (Å²) in [5, 5.41) is 2.63. The van der Waals surface area contributed by atoms with Crippen LogP contribution in [0.5, 0.6) is 0 Å². The number of hydrogen-bond acceptors (Lipinski definition) is 3. The number of amides is 1. The molecule has 1 aromatic rings. The normalized spacial score (nSPS) is 23.1. The second-order valence-electron chi connectivity index (χ2n) is 4.27. The van der Waals surface area contributed by atoms with Crippen LogP contribution >= 0.6 is 0 Å². The number of rotatable bonds is 3. The molecule has 0 bridgehead atoms. The van der Waals surface area contributed by atoms with E-state index in [2.05, 4.69) is 5.32 Å². The summed E-state index contributed by atoms with van der Waals surface area (Å²) in [6.45, 7) is 0.799. The highest BCUT2D eigenvalue weighted by molar-refractivity contribution is 5.79. The van der Waals surface area contributed by atoms with E-state index in [4.69, 9.17) is 10.5 Å². The molecule has 0 aliphatic carbocycles. The van der Waals surface area contributed by atoms with Gasteiger partial charge >= 0.3 is 0 Å². The fourth-order valence-electron chi connectivity index (χ4n) is 1.81. The van der Waals surface area contributed by atoms with E-state index in [-0.39, 0.29) is 24.4 Å². The summed E-state index contributed by atoms with van der Waals surface area (Å²) in [6, 6.07) is 3.20. The van der Waals surface area contributed by atoms with Gasteiger partial charge in [0.05, 0.1) is 19.1 Å². The first-order chi connectivity index (χ1) is 8.58. The molecule has 18 heavy (non-hydrogen) atoms. The van der Waals surface area contributed by atoms with Crippen LogP contribution in [0.15, 0.2) is 18.2 Å². The molecule has 0 radical (unpaired) electrons. The zero-order valence-electron chi connectivity index (χ0n) is 9.66. The average Bonchev–Trinajstić information content (AvgIpc) is 2.77. The number of nitrogens with one attached hydrogen (secondary N) is 1. The number of nitrogens with two attached hydrogens (primary N) is 1. The third-order valence-corrected chi connectivity index (χ3v) is 2.91. The molecule has 6 heteroatoms. The van der Waals surface area contributed by atoms with Gasteiger partial charge in [0.2, 0.25) is 5.91 Å². The highest BCUT2D eigenvalue weighted by Gasteiger charge is 2.30. The highest BCUT2D eigenvalue weighted by atomic mass is 19.2. The van der Waals surface area contributed by atoms with Crippen molar-refractivity contribution in [2.75, 3.05) is 13.2 Å². The van der Waals surface area contributed by atoms with Crippen LogP contribution in [0.4, 0.5) is 8.78 Å². The van der Waals surface area contributed by atoms with Gasteiger partial charge in [-0.1, -0.05) is 6.07 Å². The average molecular weight is 256 g/mol. The molecule has 0 aromatic heterocycles. The second kappa shape index (κ2) is 5.41. The first-order valence-electron chi connectivity index (χ1n) is 5.63. The Morgan fingerprint density at radius 3 is 2.78 bits per heavy atom. The van der Waals surface area contributed by atoms with E-state index < -0.39 is 11.6 Å². The van der Waals surface area contributed by atoms with Gasteiger partial charge < -0.3 is 15.8 Å². The van der Waals surface area contributed by atoms with Crippen LogP contribution in [0.25, 0.3) is 0 Å². The van der Waals surface area contributed by atoms with Crippen LogP contribution in [0.1, 0.15) is 5.56 Å². The van der Waals surface area contributed by atoms with Gasteiger partial charge in [-0.05, 0) is 17.7 Å². The van der Waals surface area contributed by atoms with Crippen LogP contribution in [0.3, 0.4) is 0 Å². The molecule has 1 heterocycles. The van der Waals surface area contributed by atoms with Crippen molar-refractivity contribution in [3.8, 4) is 0 Å². The molecule has 3 N–H and O–H groups in total. The number of hydrogen-bond donors (Lipinski definition) is 2. The maximum Gasteiger partial charge on any atom is 0.227 e. The Morgan fingerprint density at radius 1 is 1.39 bits per heavy atom. The van der Waals surface area contributed by atoms with Crippen molar-refractivity contribution in [2.45, 2.75) is 12.6 Å². The summed E-state index contributed by atoms with van der Waals surface area (Å²) < 4.78 is 30.7. The molecule has 0 saturated carbocycles. The number of halogens is 2. The summed E-state index contributed by atoms with van der Waals surface area (Å²) in [6.07, 6.45) is 0. The zero-order valence-corrected chi connectivity index (χ0v) is 9.66. The summed E-state index contributed by atoms with van der Waals surface area (Å²) in [7, 11) is 0. The topological polar surface area (TPSA) is 64.3 Å². The van der Waals surface area contributed by atoms with Crippen molar-refractivity contribution in [3.63, 3.8) is 0 Å². The Balaban J connectivity index is 1.91. The van der Waals surface area contributed by atoms with E-state index in [1.54, 1.807) is 0 Å². The molecular weight excluding hydrogens is 242 g/mol. The minimum atomic E-state index is -0.928. The van der Waals surface area contributed by atoms with E-state index in [9.17, 15) is 13.6 Å². The molecule has 4 nitrogen and oxygen atoms in total. The first-order valence-corrected chi connectivity index (χ1v) is 5.63. The van der Waals surface area contributed by atoms with Crippen molar-refractivity contribution >= 4 is 5.91 Å². The second-order valence-corrected chi connectivity index (χ2v) is 4.27. The van der Waals surface area contributed by atoms with Gasteiger partial charge in [-0.25, -0.2) is 8.78 Å². The summed E-state index contributed by atoms with van der Waals surface area (Å²) >= 11 is 0. The number of carbonyl (C=O) groups is 1. The number of ether oxygens (including phenoxy) is 1. The van der Waals surface area contributed by atoms with E-state index in [0.29, 0.717) is 18.8 Å². The van der Waals surface area contributed by atoms with Crippen LogP contribution in [0.2, 0.25) is 0 Å². The standard InChI is InChI=1S/C12H14F2N2O2/c13-9-2-1-7(3-10(9)14)4-16-12(17)8-5-18-6-11(8)15/h1-3,8,11H,4-6,15H2,(H,16,17). The molecular formula is C12H14F2N2O2. The largest absolute Gasteiger partial charge is 0.379 e. The van der Waals surface area contributed by atoms with E-state index in [1.807, 2.05) is 0 Å². The van der Waals surface area contributed by atoms with Crippen molar-refractivity contribution in [2.24, 2.45) is 11.7 Å². The SMILES string of the molecule is NC1COCC1C(=O)NCc1ccc(F)c(F)c1. The Labute approximate surface area is 103 Å². The quantitative estimate of drug-likeness (QED) is 0.830. The third kappa shape index (κ3) is 2.83. The van der Waals surface area contributed by atoms with Crippen molar-refractivity contribution in [1.29, 1.82) is 0 Å². The van der Waals surface area contributed by atoms with Crippen LogP contribution in [-0.2, 0) is 16.1 Å². The Bertz CT molecular complexity index is 454. The molecule has 0 spiro atoms. The van der Waals surface area contributed by atoms with Gasteiger partial charge in [0.25, 0.3) is 0 Å². The number of benzene rings is 1. The van der Waals surface area contributed by atoms with Gasteiger partial charge in [0.15, 0.2) is 11.6 Å². The Kier molecular flexibility index (Phi) is 3.88. The van der Waals surface area contributed by atoms with Crippen LogP contribution in [0, 0.1) is 17.6 Å². The lowest BCUT2D eigenvalue weighted by Gasteiger charge is -2.13. The fraction of sp³-hybridized carbons (Fsp3) is 0.417. The highest BCUT2D eigenvalue weighted by Crippen LogP contribution is 2.12. The molecule has 2 atom stereocenters. The summed E-state index contributed by atoms with van der Waals surface area (Å²) in [5.74, 6) is -2.45. The van der Waals surface area contributed by atoms with E-state index in [1.165, 1.54) is 6.07 Å². The molecule has 1 saturated heterocycles. The van der Waals surface area contributed by atoms with Gasteiger partial charge in [0.1, 0.15) is 0 Å². The first kappa shape index (κ1) is 12.9. The van der Waals surface area contributed by atoms with Crippen LogP contribution in [-0.4, -0.2) is 25.2 Å². The minimum Gasteiger partial charge on any atom is -0.379 e. The van der Waals surface area contributed by atoms with Gasteiger partial charge in [-0.2, -0.15) is 0 Å². The lowest BCUT2D eigenvalue weighted by atomic mass is 10.0. The maximum atomic E-state index is 12.9. The maximum absolute atomic E-state index is 12.9. The molecule has 1 aromatic carbocycles. The lowest BCUT2D eigenvalue weighted by Crippen LogP contribution is -2.40. The predicted molar refractivity (Wildman–Crippen MR) is 60.5 cm³/mol. The van der Waals surface area contributed by atoms with Gasteiger partial charge in [0, 0.05) is 12.6 Å². The summed E-state index contributed by atoms with van der Waals surface area (Å²) in [5.41, 5.74) is 6.19. The number of carbonyl (C=O) groups excluding carboxylic acids is 1. The monoisotopic (exact) mass is 256 g/mol. The Morgan fingerprint density at radius 2 is 2.17 bits per heavy atom. The molecule has 1 amide bonds. The zero-order chi connectivity index (χ0) is 13.1. The molecule has 98 valence electrons. The molecule has 2 rings (SSSR count). The lowest BCUT2D eigenvalue weighted by molar-refractivity contribution is -0.125. The van der Waals surface area contributed by atoms with E-state index in [0.717, 1.165) is 12.1 Å². The van der Waals surface area contributed by atoms with Gasteiger partial charge in [-0.3, -0.25) is 4.79 Å². The minimum absolute atomic E-state index is 0.138. The molecule has 1 aliphatic heterocycles. The van der Waals surface area contributed by atoms with Crippen LogP contribution < -0.4 is 11.1 Å². The smallest absolute Gasteiger partial charge is 0.227 e. The third-order valence-electron chi connectivity index (χ3n) is 2.91. The molecule has 2 unspecified atom stereocenters. The predicted octanol–water partition coefficient (Wildman–Crippen LogP) is 0.555. The summed E-state index contributed by atoms with van der Waals surface area (Å²) in [4.78, 5) is 11.7. The molecule has 1 fully saturated rings. The fourth-order valence-corrected chi connectivity index (χ4v) is 1.81. The van der Waals surface area contributed by atoms with Gasteiger partial charge in [-0.15, -0.1) is 0 Å².